The van der Waals surface area contributed by atoms with Crippen molar-refractivity contribution >= 4 is 16.0 Å². The highest BCUT2D eigenvalue weighted by atomic mass is 32.2. The van der Waals surface area contributed by atoms with Crippen LogP contribution in [0, 0.1) is 0 Å². The first-order chi connectivity index (χ1) is 5.52. The fraction of sp³-hybridized carbons (Fsp3) is 0.833. The van der Waals surface area contributed by atoms with Crippen molar-refractivity contribution in [2.24, 2.45) is 0 Å². The predicted molar refractivity (Wildman–Crippen MR) is 42.2 cm³/mol. The van der Waals surface area contributed by atoms with Crippen LogP contribution in [0.5, 0.6) is 0 Å². The molecule has 1 saturated heterocycles. The van der Waals surface area contributed by atoms with E-state index in [1.807, 2.05) is 0 Å². The summed E-state index contributed by atoms with van der Waals surface area (Å²) >= 11 is 0. The minimum absolute atomic E-state index is 0.0836. The highest BCUT2D eigenvalue weighted by molar-refractivity contribution is 7.89. The molecule has 0 radical (unpaired) electrons. The number of carboxylic acid groups (broad SMARTS) is 1. The second-order valence-corrected chi connectivity index (χ2v) is 4.84. The molecule has 1 heterocycles. The number of aliphatic carboxylic acids is 1. The van der Waals surface area contributed by atoms with Crippen molar-refractivity contribution in [1.82, 2.24) is 4.31 Å². The van der Waals surface area contributed by atoms with E-state index < -0.39 is 22.5 Å². The summed E-state index contributed by atoms with van der Waals surface area (Å²) in [5.41, 5.74) is 0. The molecule has 1 aliphatic rings. The summed E-state index contributed by atoms with van der Waals surface area (Å²) in [5.74, 6) is -1.01. The first-order valence-corrected chi connectivity index (χ1v) is 5.33. The van der Waals surface area contributed by atoms with E-state index in [4.69, 9.17) is 5.11 Å². The minimum atomic E-state index is -3.27. The Balaban J connectivity index is 2.67. The molecule has 1 fully saturated rings. The number of nitrogens with zero attached hydrogens (tertiary/aromatic N) is 1. The molecule has 0 saturated carbocycles. The molecule has 0 aromatic rings. The normalized spacial score (nSPS) is 23.7. The monoisotopic (exact) mass is 193 g/mol. The summed E-state index contributed by atoms with van der Waals surface area (Å²) in [6, 6.07) is 0. The minimum Gasteiger partial charge on any atom is -0.480 e. The van der Waals surface area contributed by atoms with E-state index in [0.717, 1.165) is 10.7 Å². The Labute approximate surface area is 71.0 Å². The fourth-order valence-corrected chi connectivity index (χ4v) is 2.71. The number of hydrogen-bond acceptors (Lipinski definition) is 3. The lowest BCUT2D eigenvalue weighted by molar-refractivity contribution is -0.137. The van der Waals surface area contributed by atoms with Gasteiger partial charge in [0.05, 0.1) is 5.75 Å². The number of sulfonamides is 1. The quantitative estimate of drug-likeness (QED) is 0.641. The van der Waals surface area contributed by atoms with E-state index in [2.05, 4.69) is 0 Å². The maximum absolute atomic E-state index is 11.2. The molecular formula is C6H11NO4S. The average molecular weight is 193 g/mol. The molecule has 0 atom stereocenters. The molecule has 1 aliphatic heterocycles. The van der Waals surface area contributed by atoms with Crippen LogP contribution in [0.25, 0.3) is 0 Å². The number of rotatable bonds is 2. The summed E-state index contributed by atoms with van der Waals surface area (Å²) in [6.45, 7) is -0.0586. The second kappa shape index (κ2) is 3.40. The van der Waals surface area contributed by atoms with E-state index >= 15 is 0 Å². The average Bonchev–Trinajstić information content (AvgIpc) is 1.92. The third-order valence-electron chi connectivity index (χ3n) is 1.76. The van der Waals surface area contributed by atoms with Crippen LogP contribution in [0.4, 0.5) is 0 Å². The summed E-state index contributed by atoms with van der Waals surface area (Å²) in [6.07, 6.45) is 1.39. The molecule has 5 nitrogen and oxygen atoms in total. The number of carboxylic acids is 1. The Kier molecular flexibility index (Phi) is 2.69. The summed E-state index contributed by atoms with van der Waals surface area (Å²) in [5, 5.41) is 8.39. The highest BCUT2D eigenvalue weighted by Crippen LogP contribution is 2.12. The Morgan fingerprint density at radius 1 is 1.42 bits per heavy atom. The first kappa shape index (κ1) is 9.47. The van der Waals surface area contributed by atoms with Crippen molar-refractivity contribution in [3.05, 3.63) is 0 Å². The Morgan fingerprint density at radius 2 is 2.08 bits per heavy atom. The van der Waals surface area contributed by atoms with Crippen LogP contribution in [0.1, 0.15) is 12.8 Å². The van der Waals surface area contributed by atoms with Crippen molar-refractivity contribution in [3.63, 3.8) is 0 Å². The zero-order valence-electron chi connectivity index (χ0n) is 6.56. The second-order valence-electron chi connectivity index (χ2n) is 2.75. The van der Waals surface area contributed by atoms with Gasteiger partial charge >= 0.3 is 5.97 Å². The molecule has 12 heavy (non-hydrogen) atoms. The highest BCUT2D eigenvalue weighted by Gasteiger charge is 2.26. The molecule has 0 amide bonds. The third kappa shape index (κ3) is 2.18. The topological polar surface area (TPSA) is 74.7 Å². The molecule has 1 N–H and O–H groups in total. The van der Waals surface area contributed by atoms with Crippen LogP contribution in [0.2, 0.25) is 0 Å². The van der Waals surface area contributed by atoms with Gasteiger partial charge in [-0.1, -0.05) is 0 Å². The van der Waals surface area contributed by atoms with Gasteiger partial charge in [-0.05, 0) is 12.8 Å². The van der Waals surface area contributed by atoms with Crippen LogP contribution < -0.4 is 0 Å². The molecule has 0 aromatic heterocycles. The van der Waals surface area contributed by atoms with Crippen molar-refractivity contribution in [1.29, 1.82) is 0 Å². The molecule has 1 rings (SSSR count). The predicted octanol–water partition coefficient (Wildman–Crippen LogP) is -0.503. The number of hydrogen-bond donors (Lipinski definition) is 1. The Bertz CT molecular complexity index is 271. The third-order valence-corrected chi connectivity index (χ3v) is 3.67. The maximum Gasteiger partial charge on any atom is 0.318 e. The molecule has 0 spiro atoms. The fourth-order valence-electron chi connectivity index (χ4n) is 1.17. The van der Waals surface area contributed by atoms with E-state index in [0.29, 0.717) is 13.0 Å². The SMILES string of the molecule is O=C(O)CN1CCCCS1(=O)=O. The van der Waals surface area contributed by atoms with Gasteiger partial charge in [-0.2, -0.15) is 4.31 Å². The van der Waals surface area contributed by atoms with Crippen molar-refractivity contribution < 1.29 is 18.3 Å². The first-order valence-electron chi connectivity index (χ1n) is 3.72. The summed E-state index contributed by atoms with van der Waals surface area (Å²) in [4.78, 5) is 10.2. The van der Waals surface area contributed by atoms with Gasteiger partial charge in [0, 0.05) is 6.54 Å². The van der Waals surface area contributed by atoms with Gasteiger partial charge in [0.25, 0.3) is 0 Å². The van der Waals surface area contributed by atoms with Gasteiger partial charge in [-0.3, -0.25) is 4.79 Å². The lowest BCUT2D eigenvalue weighted by Crippen LogP contribution is -2.40. The maximum atomic E-state index is 11.2. The van der Waals surface area contributed by atoms with Gasteiger partial charge in [0.15, 0.2) is 0 Å². The Hall–Kier alpha value is -0.620. The van der Waals surface area contributed by atoms with E-state index in [1.54, 1.807) is 0 Å². The van der Waals surface area contributed by atoms with Crippen LogP contribution in [0.15, 0.2) is 0 Å². The van der Waals surface area contributed by atoms with Crippen molar-refractivity contribution in [2.75, 3.05) is 18.8 Å². The van der Waals surface area contributed by atoms with Crippen LogP contribution in [-0.4, -0.2) is 42.6 Å². The molecule has 0 aliphatic carbocycles. The molecule has 6 heteroatoms. The van der Waals surface area contributed by atoms with Crippen molar-refractivity contribution in [3.8, 4) is 0 Å². The molecule has 0 unspecified atom stereocenters. The standard InChI is InChI=1S/C6H11NO4S/c8-6(9)5-7-3-1-2-4-12(7,10)11/h1-5H2,(H,8,9). The lowest BCUT2D eigenvalue weighted by Gasteiger charge is -2.24. The Morgan fingerprint density at radius 3 is 2.58 bits per heavy atom. The molecular weight excluding hydrogens is 182 g/mol. The van der Waals surface area contributed by atoms with Gasteiger partial charge < -0.3 is 5.11 Å². The van der Waals surface area contributed by atoms with Crippen LogP contribution in [0.3, 0.4) is 0 Å². The van der Waals surface area contributed by atoms with Gasteiger partial charge in [-0.15, -0.1) is 0 Å². The van der Waals surface area contributed by atoms with Crippen molar-refractivity contribution in [2.45, 2.75) is 12.8 Å². The lowest BCUT2D eigenvalue weighted by atomic mass is 10.3. The van der Waals surface area contributed by atoms with Gasteiger partial charge in [-0.25, -0.2) is 8.42 Å². The summed E-state index contributed by atoms with van der Waals surface area (Å²) in [7, 11) is -3.27. The number of carbonyl (C=O) groups is 1. The van der Waals surface area contributed by atoms with E-state index in [9.17, 15) is 13.2 Å². The molecule has 70 valence electrons. The van der Waals surface area contributed by atoms with E-state index in [1.165, 1.54) is 0 Å². The summed E-state index contributed by atoms with van der Waals surface area (Å²) < 4.78 is 23.4. The molecule has 0 aromatic carbocycles. The smallest absolute Gasteiger partial charge is 0.318 e. The van der Waals surface area contributed by atoms with Crippen LogP contribution in [-0.2, 0) is 14.8 Å². The van der Waals surface area contributed by atoms with Gasteiger partial charge in [0.2, 0.25) is 10.0 Å². The zero-order chi connectivity index (χ0) is 9.19. The van der Waals surface area contributed by atoms with Crippen LogP contribution >= 0.6 is 0 Å². The largest absolute Gasteiger partial charge is 0.480 e. The molecule has 0 bridgehead atoms. The van der Waals surface area contributed by atoms with Gasteiger partial charge in [0.1, 0.15) is 6.54 Å². The zero-order valence-corrected chi connectivity index (χ0v) is 7.38. The van der Waals surface area contributed by atoms with E-state index in [-0.39, 0.29) is 5.75 Å².